The van der Waals surface area contributed by atoms with Gasteiger partial charge in [0.1, 0.15) is 11.6 Å². The summed E-state index contributed by atoms with van der Waals surface area (Å²) in [6.45, 7) is 3.87. The zero-order chi connectivity index (χ0) is 14.9. The number of methoxy groups -OCH3 is 1. The Morgan fingerprint density at radius 3 is 2.70 bits per heavy atom. The summed E-state index contributed by atoms with van der Waals surface area (Å²) in [6.07, 6.45) is 0. The lowest BCUT2D eigenvalue weighted by Gasteiger charge is -2.10. The van der Waals surface area contributed by atoms with E-state index in [1.54, 1.807) is 13.2 Å². The Morgan fingerprint density at radius 1 is 1.45 bits per heavy atom. The summed E-state index contributed by atoms with van der Waals surface area (Å²) in [5.41, 5.74) is 0.703. The van der Waals surface area contributed by atoms with Crippen LogP contribution in [0.5, 0.6) is 5.75 Å². The first kappa shape index (κ1) is 14.5. The van der Waals surface area contributed by atoms with Gasteiger partial charge in [-0.1, -0.05) is 13.8 Å². The van der Waals surface area contributed by atoms with Gasteiger partial charge < -0.3 is 9.84 Å². The molecule has 0 aliphatic heterocycles. The van der Waals surface area contributed by atoms with Crippen molar-refractivity contribution in [1.29, 1.82) is 0 Å². The summed E-state index contributed by atoms with van der Waals surface area (Å²) in [5, 5.41) is 13.1. The first-order valence-corrected chi connectivity index (χ1v) is 6.77. The largest absolute Gasteiger partial charge is 0.495 e. The zero-order valence-electron chi connectivity index (χ0n) is 11.3. The maximum atomic E-state index is 11.0. The maximum Gasteiger partial charge on any atom is 0.375 e. The van der Waals surface area contributed by atoms with Gasteiger partial charge in [0.25, 0.3) is 5.82 Å². The molecule has 6 nitrogen and oxygen atoms in total. The van der Waals surface area contributed by atoms with E-state index in [0.717, 1.165) is 4.47 Å². The average Bonchev–Trinajstić information content (AvgIpc) is 2.84. The number of carboxylic acids is 1. The molecule has 7 heteroatoms. The van der Waals surface area contributed by atoms with Gasteiger partial charge >= 0.3 is 5.97 Å². The maximum absolute atomic E-state index is 11.0. The summed E-state index contributed by atoms with van der Waals surface area (Å²) < 4.78 is 7.58. The van der Waals surface area contributed by atoms with E-state index in [4.69, 9.17) is 9.84 Å². The highest BCUT2D eigenvalue weighted by molar-refractivity contribution is 9.10. The fourth-order valence-corrected chi connectivity index (χ4v) is 2.17. The number of halogens is 1. The molecular formula is C13H14BrN3O3. The van der Waals surface area contributed by atoms with Crippen molar-refractivity contribution in [2.75, 3.05) is 7.11 Å². The van der Waals surface area contributed by atoms with Gasteiger partial charge in [-0.15, -0.1) is 5.10 Å². The van der Waals surface area contributed by atoms with Crippen LogP contribution in [-0.4, -0.2) is 33.0 Å². The second-order valence-electron chi connectivity index (χ2n) is 4.48. The Hall–Kier alpha value is -1.89. The van der Waals surface area contributed by atoms with Crippen LogP contribution in [0.4, 0.5) is 0 Å². The standard InChI is InChI=1S/C13H14BrN3O3/c1-7(2)12-15-11(13(18)19)16-17(12)8-4-5-9(14)10(6-8)20-3/h4-7H,1-3H3,(H,18,19). The van der Waals surface area contributed by atoms with Crippen molar-refractivity contribution in [3.05, 3.63) is 34.3 Å². The molecule has 0 aliphatic rings. The van der Waals surface area contributed by atoms with Gasteiger partial charge in [0.2, 0.25) is 0 Å². The van der Waals surface area contributed by atoms with Crippen molar-refractivity contribution >= 4 is 21.9 Å². The molecule has 0 saturated heterocycles. The molecule has 0 saturated carbocycles. The second kappa shape index (κ2) is 5.62. The van der Waals surface area contributed by atoms with E-state index in [1.807, 2.05) is 26.0 Å². The number of aromatic carboxylic acids is 1. The topological polar surface area (TPSA) is 77.2 Å². The first-order valence-electron chi connectivity index (χ1n) is 5.98. The van der Waals surface area contributed by atoms with Gasteiger partial charge in [-0.05, 0) is 28.1 Å². The highest BCUT2D eigenvalue weighted by Crippen LogP contribution is 2.28. The lowest BCUT2D eigenvalue weighted by atomic mass is 10.2. The molecular weight excluding hydrogens is 326 g/mol. The predicted octanol–water partition coefficient (Wildman–Crippen LogP) is 2.86. The van der Waals surface area contributed by atoms with Crippen molar-refractivity contribution in [1.82, 2.24) is 14.8 Å². The number of carbonyl (C=O) groups is 1. The van der Waals surface area contributed by atoms with Gasteiger partial charge in [-0.25, -0.2) is 14.5 Å². The highest BCUT2D eigenvalue weighted by atomic mass is 79.9. The quantitative estimate of drug-likeness (QED) is 0.926. The minimum atomic E-state index is -1.14. The molecule has 0 fully saturated rings. The molecule has 0 unspecified atom stereocenters. The Kier molecular flexibility index (Phi) is 4.08. The number of carboxylic acid groups (broad SMARTS) is 1. The number of nitrogens with zero attached hydrogens (tertiary/aromatic N) is 3. The lowest BCUT2D eigenvalue weighted by Crippen LogP contribution is -2.05. The number of benzene rings is 1. The number of hydrogen-bond acceptors (Lipinski definition) is 4. The molecule has 0 bridgehead atoms. The molecule has 0 spiro atoms. The van der Waals surface area contributed by atoms with Gasteiger partial charge in [0.15, 0.2) is 0 Å². The molecule has 1 N–H and O–H groups in total. The second-order valence-corrected chi connectivity index (χ2v) is 5.34. The van der Waals surface area contributed by atoms with Crippen molar-refractivity contribution < 1.29 is 14.6 Å². The molecule has 1 heterocycles. The molecule has 2 aromatic rings. The summed E-state index contributed by atoms with van der Waals surface area (Å²) in [5.74, 6) is -0.0769. The van der Waals surface area contributed by atoms with Gasteiger partial charge in [-0.3, -0.25) is 0 Å². The number of aromatic nitrogens is 3. The smallest absolute Gasteiger partial charge is 0.375 e. The lowest BCUT2D eigenvalue weighted by molar-refractivity contribution is 0.0683. The van der Waals surface area contributed by atoms with Crippen LogP contribution < -0.4 is 4.74 Å². The fraction of sp³-hybridized carbons (Fsp3) is 0.308. The molecule has 2 rings (SSSR count). The minimum absolute atomic E-state index is 0.0465. The minimum Gasteiger partial charge on any atom is -0.495 e. The van der Waals surface area contributed by atoms with Crippen molar-refractivity contribution in [3.63, 3.8) is 0 Å². The number of hydrogen-bond donors (Lipinski definition) is 1. The Bertz CT molecular complexity index is 652. The molecule has 20 heavy (non-hydrogen) atoms. The van der Waals surface area contributed by atoms with Crippen molar-refractivity contribution in [2.24, 2.45) is 0 Å². The molecule has 1 aromatic heterocycles. The number of rotatable bonds is 4. The zero-order valence-corrected chi connectivity index (χ0v) is 12.9. The van der Waals surface area contributed by atoms with E-state index in [-0.39, 0.29) is 11.7 Å². The van der Waals surface area contributed by atoms with Crippen LogP contribution in [0.1, 0.15) is 36.2 Å². The van der Waals surface area contributed by atoms with E-state index < -0.39 is 5.97 Å². The summed E-state index contributed by atoms with van der Waals surface area (Å²) >= 11 is 3.37. The van der Waals surface area contributed by atoms with E-state index in [9.17, 15) is 4.79 Å². The van der Waals surface area contributed by atoms with Crippen LogP contribution in [0.2, 0.25) is 0 Å². The molecule has 0 atom stereocenters. The van der Waals surface area contributed by atoms with E-state index >= 15 is 0 Å². The third kappa shape index (κ3) is 2.67. The summed E-state index contributed by atoms with van der Waals surface area (Å²) in [7, 11) is 1.57. The van der Waals surface area contributed by atoms with E-state index in [0.29, 0.717) is 17.3 Å². The summed E-state index contributed by atoms with van der Waals surface area (Å²) in [4.78, 5) is 15.1. The molecule has 0 aliphatic carbocycles. The number of ether oxygens (including phenoxy) is 1. The summed E-state index contributed by atoms with van der Waals surface area (Å²) in [6, 6.07) is 5.41. The molecule has 106 valence electrons. The predicted molar refractivity (Wildman–Crippen MR) is 76.7 cm³/mol. The monoisotopic (exact) mass is 339 g/mol. The molecule has 1 aromatic carbocycles. The van der Waals surface area contributed by atoms with Crippen LogP contribution >= 0.6 is 15.9 Å². The third-order valence-electron chi connectivity index (χ3n) is 2.72. The van der Waals surface area contributed by atoms with E-state index in [1.165, 1.54) is 4.68 Å². The van der Waals surface area contributed by atoms with Crippen LogP contribution in [0, 0.1) is 0 Å². The van der Waals surface area contributed by atoms with Gasteiger partial charge in [0, 0.05) is 12.0 Å². The Balaban J connectivity index is 2.59. The SMILES string of the molecule is COc1cc(-n2nc(C(=O)O)nc2C(C)C)ccc1Br. The van der Waals surface area contributed by atoms with E-state index in [2.05, 4.69) is 26.0 Å². The van der Waals surface area contributed by atoms with Crippen LogP contribution in [0.15, 0.2) is 22.7 Å². The Labute approximate surface area is 124 Å². The fourth-order valence-electron chi connectivity index (χ4n) is 1.76. The van der Waals surface area contributed by atoms with Crippen LogP contribution in [0.3, 0.4) is 0 Å². The van der Waals surface area contributed by atoms with Crippen molar-refractivity contribution in [2.45, 2.75) is 19.8 Å². The third-order valence-corrected chi connectivity index (χ3v) is 3.37. The molecule has 0 amide bonds. The average molecular weight is 340 g/mol. The highest BCUT2D eigenvalue weighted by Gasteiger charge is 2.19. The van der Waals surface area contributed by atoms with Crippen LogP contribution in [-0.2, 0) is 0 Å². The molecule has 0 radical (unpaired) electrons. The normalized spacial score (nSPS) is 10.8. The van der Waals surface area contributed by atoms with Crippen LogP contribution in [0.25, 0.3) is 5.69 Å². The van der Waals surface area contributed by atoms with Gasteiger partial charge in [0.05, 0.1) is 17.3 Å². The first-order chi connectivity index (χ1) is 9.43. The van der Waals surface area contributed by atoms with Gasteiger partial charge in [-0.2, -0.15) is 0 Å². The van der Waals surface area contributed by atoms with Crippen molar-refractivity contribution in [3.8, 4) is 11.4 Å². The Morgan fingerprint density at radius 2 is 2.15 bits per heavy atom.